The third kappa shape index (κ3) is 8.57. The van der Waals surface area contributed by atoms with Gasteiger partial charge in [0.2, 0.25) is 0 Å². The predicted molar refractivity (Wildman–Crippen MR) is 150 cm³/mol. The van der Waals surface area contributed by atoms with Crippen molar-refractivity contribution in [2.24, 2.45) is 0 Å². The highest BCUT2D eigenvalue weighted by molar-refractivity contribution is 6.34. The molecule has 0 bridgehead atoms. The van der Waals surface area contributed by atoms with Crippen molar-refractivity contribution in [2.45, 2.75) is 91.5 Å². The fourth-order valence-electron chi connectivity index (χ4n) is 4.16. The molecule has 1 atom stereocenters. The summed E-state index contributed by atoms with van der Waals surface area (Å²) in [7, 11) is 0. The maximum Gasteiger partial charge on any atom is 0.412 e. The second kappa shape index (κ2) is 12.1. The number of nitrogens with one attached hydrogen (secondary N) is 1. The van der Waals surface area contributed by atoms with Gasteiger partial charge in [-0.1, -0.05) is 23.2 Å². The van der Waals surface area contributed by atoms with Gasteiger partial charge in [0, 0.05) is 24.7 Å². The van der Waals surface area contributed by atoms with E-state index in [0.717, 1.165) is 5.69 Å². The highest BCUT2D eigenvalue weighted by Gasteiger charge is 2.30. The Morgan fingerprint density at radius 3 is 2.13 bits per heavy atom. The summed E-state index contributed by atoms with van der Waals surface area (Å²) in [6.45, 7) is 15.5. The number of hydrogen-bond acceptors (Lipinski definition) is 8. The van der Waals surface area contributed by atoms with Crippen LogP contribution >= 0.6 is 23.2 Å². The van der Waals surface area contributed by atoms with Crippen LogP contribution in [0.5, 0.6) is 5.75 Å². The topological polar surface area (TPSA) is 116 Å². The van der Waals surface area contributed by atoms with Crippen LogP contribution in [0.1, 0.15) is 90.3 Å². The highest BCUT2D eigenvalue weighted by Crippen LogP contribution is 2.38. The Morgan fingerprint density at radius 1 is 1.03 bits per heavy atom. The number of hydrogen-bond donors (Lipinski definition) is 1. The van der Waals surface area contributed by atoms with Crippen LogP contribution in [0.15, 0.2) is 12.4 Å². The van der Waals surface area contributed by atoms with E-state index in [0.29, 0.717) is 48.6 Å². The van der Waals surface area contributed by atoms with Gasteiger partial charge >= 0.3 is 12.2 Å². The van der Waals surface area contributed by atoms with Crippen molar-refractivity contribution in [1.29, 1.82) is 0 Å². The minimum Gasteiger partial charge on any atom is -0.482 e. The zero-order valence-electron chi connectivity index (χ0n) is 23.7. The van der Waals surface area contributed by atoms with Gasteiger partial charge in [0.05, 0.1) is 16.9 Å². The van der Waals surface area contributed by atoms with Crippen molar-refractivity contribution < 1.29 is 23.8 Å². The molecule has 1 N–H and O–H groups in total. The normalized spacial score (nSPS) is 15.5. The van der Waals surface area contributed by atoms with Gasteiger partial charge in [0.15, 0.2) is 5.75 Å². The van der Waals surface area contributed by atoms with Crippen LogP contribution in [0.4, 0.5) is 15.3 Å². The molecule has 1 fully saturated rings. The molecule has 3 rings (SSSR count). The lowest BCUT2D eigenvalue weighted by molar-refractivity contribution is 0.0203. The second-order valence-electron chi connectivity index (χ2n) is 11.5. The minimum absolute atomic E-state index is 0.0689. The Bertz CT molecular complexity index is 1180. The number of carbonyl (C=O) groups excluding carboxylic acids is 2. The van der Waals surface area contributed by atoms with Gasteiger partial charge in [0.25, 0.3) is 0 Å². The van der Waals surface area contributed by atoms with Crippen molar-refractivity contribution in [3.8, 4) is 5.75 Å². The van der Waals surface area contributed by atoms with E-state index in [1.807, 2.05) is 20.8 Å². The van der Waals surface area contributed by atoms with Crippen LogP contribution in [0.2, 0.25) is 10.3 Å². The van der Waals surface area contributed by atoms with Crippen molar-refractivity contribution in [3.05, 3.63) is 39.7 Å². The molecule has 2 aromatic heterocycles. The summed E-state index contributed by atoms with van der Waals surface area (Å²) < 4.78 is 17.2. The second-order valence-corrected chi connectivity index (χ2v) is 12.2. The number of aromatic nitrogens is 3. The number of pyridine rings is 1. The van der Waals surface area contributed by atoms with Crippen LogP contribution < -0.4 is 10.1 Å². The lowest BCUT2D eigenvalue weighted by atomic mass is 9.92. The standard InChI is InChI=1S/C27H37Cl2N5O5/c1-15-21(37-16(2)20-22(28)30-14-31-23(20)29)19(33-24(35)38-26(3,4)5)13-18(32-15)17-9-11-34(12-10-17)25(36)39-27(6,7)8/h13-14,16-17H,9-12H2,1-8H3,(H,32,33,35). The quantitative estimate of drug-likeness (QED) is 0.372. The molecule has 3 heterocycles. The van der Waals surface area contributed by atoms with Crippen molar-refractivity contribution in [2.75, 3.05) is 18.4 Å². The molecule has 0 aromatic carbocycles. The van der Waals surface area contributed by atoms with Gasteiger partial charge in [-0.2, -0.15) is 0 Å². The number of amides is 2. The molecule has 0 spiro atoms. The van der Waals surface area contributed by atoms with E-state index < -0.39 is 23.4 Å². The summed E-state index contributed by atoms with van der Waals surface area (Å²) in [6, 6.07) is 1.79. The summed E-state index contributed by atoms with van der Waals surface area (Å²) in [6.07, 6.45) is 1.06. The van der Waals surface area contributed by atoms with Gasteiger partial charge in [-0.05, 0) is 74.3 Å². The summed E-state index contributed by atoms with van der Waals surface area (Å²) in [5.41, 5.74) is 0.910. The molecule has 2 aromatic rings. The Balaban J connectivity index is 1.88. The average molecular weight is 583 g/mol. The fraction of sp³-hybridized carbons (Fsp3) is 0.593. The number of nitrogens with zero attached hydrogens (tertiary/aromatic N) is 4. The van der Waals surface area contributed by atoms with Crippen LogP contribution in [0.25, 0.3) is 0 Å². The molecular formula is C27H37Cl2N5O5. The first-order valence-electron chi connectivity index (χ1n) is 12.9. The molecule has 12 heteroatoms. The van der Waals surface area contributed by atoms with Crippen LogP contribution in [-0.4, -0.2) is 56.3 Å². The number of halogens is 2. The van der Waals surface area contributed by atoms with E-state index in [9.17, 15) is 9.59 Å². The number of aryl methyl sites for hydroxylation is 1. The lowest BCUT2D eigenvalue weighted by Crippen LogP contribution is -2.41. The van der Waals surface area contributed by atoms with Crippen LogP contribution in [0.3, 0.4) is 0 Å². The molecule has 1 aliphatic heterocycles. The molecule has 10 nitrogen and oxygen atoms in total. The number of ether oxygens (including phenoxy) is 3. The molecule has 2 amide bonds. The average Bonchev–Trinajstić information content (AvgIpc) is 2.78. The molecule has 0 radical (unpaired) electrons. The summed E-state index contributed by atoms with van der Waals surface area (Å²) in [4.78, 5) is 39.8. The fourth-order valence-corrected chi connectivity index (χ4v) is 4.78. The Labute approximate surface area is 239 Å². The van der Waals surface area contributed by atoms with E-state index in [-0.39, 0.29) is 22.3 Å². The zero-order chi connectivity index (χ0) is 29.1. The highest BCUT2D eigenvalue weighted by atomic mass is 35.5. The van der Waals surface area contributed by atoms with Gasteiger partial charge < -0.3 is 19.1 Å². The third-order valence-electron chi connectivity index (χ3n) is 5.85. The van der Waals surface area contributed by atoms with E-state index in [2.05, 4.69) is 15.3 Å². The van der Waals surface area contributed by atoms with Gasteiger partial charge in [-0.25, -0.2) is 19.6 Å². The maximum atomic E-state index is 12.7. The van der Waals surface area contributed by atoms with E-state index in [1.54, 1.807) is 45.6 Å². The molecule has 0 aliphatic carbocycles. The molecule has 1 unspecified atom stereocenters. The Morgan fingerprint density at radius 2 is 1.59 bits per heavy atom. The molecule has 1 saturated heterocycles. The van der Waals surface area contributed by atoms with Crippen molar-refractivity contribution in [3.63, 3.8) is 0 Å². The van der Waals surface area contributed by atoms with E-state index in [1.165, 1.54) is 6.33 Å². The number of carbonyl (C=O) groups is 2. The van der Waals surface area contributed by atoms with E-state index >= 15 is 0 Å². The molecular weight excluding hydrogens is 545 g/mol. The van der Waals surface area contributed by atoms with Gasteiger partial charge in [-0.3, -0.25) is 10.3 Å². The minimum atomic E-state index is -0.694. The Hall–Kier alpha value is -2.85. The molecule has 39 heavy (non-hydrogen) atoms. The number of piperidine rings is 1. The number of rotatable bonds is 5. The van der Waals surface area contributed by atoms with Gasteiger partial charge in [0.1, 0.15) is 33.9 Å². The number of anilines is 1. The SMILES string of the molecule is Cc1nc(C2CCN(C(=O)OC(C)(C)C)CC2)cc(NC(=O)OC(C)(C)C)c1OC(C)c1c(Cl)ncnc1Cl. The smallest absolute Gasteiger partial charge is 0.412 e. The Kier molecular flexibility index (Phi) is 9.54. The molecule has 1 aliphatic rings. The van der Waals surface area contributed by atoms with Crippen molar-refractivity contribution in [1.82, 2.24) is 19.9 Å². The first kappa shape index (κ1) is 30.7. The number of likely N-dealkylation sites (tertiary alicyclic amines) is 1. The predicted octanol–water partition coefficient (Wildman–Crippen LogP) is 7.09. The van der Waals surface area contributed by atoms with E-state index in [4.69, 9.17) is 42.4 Å². The molecule has 214 valence electrons. The molecule has 0 saturated carbocycles. The summed E-state index contributed by atoms with van der Waals surface area (Å²) in [5, 5.41) is 3.16. The zero-order valence-corrected chi connectivity index (χ0v) is 25.2. The lowest BCUT2D eigenvalue weighted by Gasteiger charge is -2.33. The maximum absolute atomic E-state index is 12.7. The van der Waals surface area contributed by atoms with Crippen LogP contribution in [-0.2, 0) is 9.47 Å². The van der Waals surface area contributed by atoms with Gasteiger partial charge in [-0.15, -0.1) is 0 Å². The third-order valence-corrected chi connectivity index (χ3v) is 6.45. The summed E-state index contributed by atoms with van der Waals surface area (Å²) in [5.74, 6) is 0.416. The largest absolute Gasteiger partial charge is 0.482 e. The van der Waals surface area contributed by atoms with Crippen LogP contribution in [0, 0.1) is 6.92 Å². The first-order chi connectivity index (χ1) is 18.0. The van der Waals surface area contributed by atoms with Crippen molar-refractivity contribution >= 4 is 41.1 Å². The first-order valence-corrected chi connectivity index (χ1v) is 13.6. The monoisotopic (exact) mass is 581 g/mol. The summed E-state index contributed by atoms with van der Waals surface area (Å²) >= 11 is 12.5.